The molecule has 1 amide bonds. The average Bonchev–Trinajstić information content (AvgIpc) is 3.19. The molecule has 7 nitrogen and oxygen atoms in total. The SMILES string of the molecule is O=C(CSc1nnc(N2CCOCC2)n1-c1cccc(F)c1)Nc1ccc(F)c(F)c1. The van der Waals surface area contributed by atoms with Gasteiger partial charge >= 0.3 is 0 Å². The highest BCUT2D eigenvalue weighted by Crippen LogP contribution is 2.27. The fourth-order valence-corrected chi connectivity index (χ4v) is 3.81. The molecule has 0 unspecified atom stereocenters. The lowest BCUT2D eigenvalue weighted by atomic mass is 10.3. The molecule has 11 heteroatoms. The molecule has 0 saturated carbocycles. The molecule has 0 aliphatic carbocycles. The second-order valence-corrected chi connectivity index (χ2v) is 7.61. The number of halogens is 3. The van der Waals surface area contributed by atoms with Gasteiger partial charge in [-0.15, -0.1) is 10.2 Å². The Morgan fingerprint density at radius 1 is 1.06 bits per heavy atom. The van der Waals surface area contributed by atoms with Crippen LogP contribution in [-0.4, -0.2) is 52.7 Å². The molecule has 1 aromatic heterocycles. The van der Waals surface area contributed by atoms with Crippen molar-refractivity contribution in [2.75, 3.05) is 42.3 Å². The van der Waals surface area contributed by atoms with Gasteiger partial charge in [0.15, 0.2) is 16.8 Å². The largest absolute Gasteiger partial charge is 0.378 e. The van der Waals surface area contributed by atoms with E-state index in [4.69, 9.17) is 4.74 Å². The summed E-state index contributed by atoms with van der Waals surface area (Å²) in [6.07, 6.45) is 0. The molecular formula is C20H18F3N5O2S. The van der Waals surface area contributed by atoms with Crippen molar-refractivity contribution in [2.24, 2.45) is 0 Å². The number of carbonyl (C=O) groups is 1. The van der Waals surface area contributed by atoms with Crippen LogP contribution in [0, 0.1) is 17.5 Å². The number of thioether (sulfide) groups is 1. The number of aromatic nitrogens is 3. The lowest BCUT2D eigenvalue weighted by molar-refractivity contribution is -0.113. The summed E-state index contributed by atoms with van der Waals surface area (Å²) in [6.45, 7) is 2.29. The monoisotopic (exact) mass is 449 g/mol. The summed E-state index contributed by atoms with van der Waals surface area (Å²) in [5.74, 6) is -2.42. The van der Waals surface area contributed by atoms with Gasteiger partial charge in [-0.3, -0.25) is 9.36 Å². The third kappa shape index (κ3) is 5.00. The Morgan fingerprint density at radius 3 is 2.61 bits per heavy atom. The number of hydrogen-bond acceptors (Lipinski definition) is 6. The topological polar surface area (TPSA) is 72.3 Å². The summed E-state index contributed by atoms with van der Waals surface area (Å²) in [5.41, 5.74) is 0.667. The molecule has 2 heterocycles. The maximum atomic E-state index is 13.9. The molecule has 1 aliphatic rings. The molecule has 1 aliphatic heterocycles. The third-order valence-corrected chi connectivity index (χ3v) is 5.44. The molecular weight excluding hydrogens is 431 g/mol. The number of nitrogens with zero attached hydrogens (tertiary/aromatic N) is 4. The van der Waals surface area contributed by atoms with Crippen LogP contribution in [0.2, 0.25) is 0 Å². The van der Waals surface area contributed by atoms with Crippen molar-refractivity contribution in [3.63, 3.8) is 0 Å². The van der Waals surface area contributed by atoms with Crippen molar-refractivity contribution in [3.8, 4) is 5.69 Å². The highest BCUT2D eigenvalue weighted by atomic mass is 32.2. The number of ether oxygens (including phenoxy) is 1. The number of amides is 1. The standard InChI is InChI=1S/C20H18F3N5O2S/c21-13-2-1-3-15(10-13)28-19(27-6-8-30-9-7-27)25-26-20(28)31-12-18(29)24-14-4-5-16(22)17(23)11-14/h1-5,10-11H,6-9,12H2,(H,24,29). The van der Waals surface area contributed by atoms with Gasteiger partial charge in [-0.2, -0.15) is 0 Å². The average molecular weight is 449 g/mol. The Morgan fingerprint density at radius 2 is 1.87 bits per heavy atom. The van der Waals surface area contributed by atoms with E-state index in [2.05, 4.69) is 15.5 Å². The summed E-state index contributed by atoms with van der Waals surface area (Å²) in [6, 6.07) is 9.12. The Labute approximate surface area is 180 Å². The number of hydrogen-bond donors (Lipinski definition) is 1. The van der Waals surface area contributed by atoms with Crippen LogP contribution in [0.4, 0.5) is 24.8 Å². The molecule has 31 heavy (non-hydrogen) atoms. The van der Waals surface area contributed by atoms with Crippen molar-refractivity contribution >= 4 is 29.3 Å². The molecule has 3 aromatic rings. The molecule has 4 rings (SSSR count). The number of anilines is 2. The zero-order valence-corrected chi connectivity index (χ0v) is 17.0. The summed E-state index contributed by atoms with van der Waals surface area (Å²) < 4.78 is 47.3. The number of nitrogens with one attached hydrogen (secondary N) is 1. The maximum Gasteiger partial charge on any atom is 0.234 e. The Bertz CT molecular complexity index is 1090. The Balaban J connectivity index is 1.54. The minimum absolute atomic E-state index is 0.0600. The van der Waals surface area contributed by atoms with E-state index in [1.807, 2.05) is 4.90 Å². The highest BCUT2D eigenvalue weighted by Gasteiger charge is 2.22. The smallest absolute Gasteiger partial charge is 0.234 e. The van der Waals surface area contributed by atoms with E-state index < -0.39 is 23.4 Å². The van der Waals surface area contributed by atoms with Crippen molar-refractivity contribution in [2.45, 2.75) is 5.16 Å². The first-order valence-corrected chi connectivity index (χ1v) is 10.4. The zero-order valence-electron chi connectivity index (χ0n) is 16.2. The summed E-state index contributed by atoms with van der Waals surface area (Å²) in [5, 5.41) is 11.3. The first-order chi connectivity index (χ1) is 15.0. The van der Waals surface area contributed by atoms with Gasteiger partial charge in [-0.1, -0.05) is 17.8 Å². The Hall–Kier alpha value is -3.05. The fraction of sp³-hybridized carbons (Fsp3) is 0.250. The zero-order chi connectivity index (χ0) is 21.8. The molecule has 1 fully saturated rings. The van der Waals surface area contributed by atoms with Crippen molar-refractivity contribution in [1.82, 2.24) is 14.8 Å². The van der Waals surface area contributed by atoms with Crippen LogP contribution in [0.15, 0.2) is 47.6 Å². The summed E-state index contributed by atoms with van der Waals surface area (Å²) in [7, 11) is 0. The van der Waals surface area contributed by atoms with Gasteiger partial charge in [-0.25, -0.2) is 13.2 Å². The van der Waals surface area contributed by atoms with Crippen molar-refractivity contribution in [3.05, 3.63) is 59.9 Å². The summed E-state index contributed by atoms with van der Waals surface area (Å²) >= 11 is 1.10. The van der Waals surface area contributed by atoms with Crippen LogP contribution >= 0.6 is 11.8 Å². The van der Waals surface area contributed by atoms with Gasteiger partial charge in [0.05, 0.1) is 24.7 Å². The lowest BCUT2D eigenvalue weighted by Gasteiger charge is -2.27. The van der Waals surface area contributed by atoms with Gasteiger partial charge in [-0.05, 0) is 30.3 Å². The van der Waals surface area contributed by atoms with Crippen molar-refractivity contribution in [1.29, 1.82) is 0 Å². The Kier molecular flexibility index (Phi) is 6.42. The molecule has 0 spiro atoms. The van der Waals surface area contributed by atoms with E-state index >= 15 is 0 Å². The highest BCUT2D eigenvalue weighted by molar-refractivity contribution is 7.99. The molecule has 0 bridgehead atoms. The molecule has 1 N–H and O–H groups in total. The van der Waals surface area contributed by atoms with Crippen LogP contribution in [0.3, 0.4) is 0 Å². The van der Waals surface area contributed by atoms with Crippen LogP contribution in [0.1, 0.15) is 0 Å². The van der Waals surface area contributed by atoms with Crippen LogP contribution in [0.5, 0.6) is 0 Å². The van der Waals surface area contributed by atoms with E-state index in [0.717, 1.165) is 23.9 Å². The number of morpholine rings is 1. The van der Waals surface area contributed by atoms with Crippen LogP contribution in [0.25, 0.3) is 5.69 Å². The molecule has 2 aromatic carbocycles. The summed E-state index contributed by atoms with van der Waals surface area (Å²) in [4.78, 5) is 14.3. The van der Waals surface area contributed by atoms with Crippen LogP contribution in [-0.2, 0) is 9.53 Å². The normalized spacial score (nSPS) is 14.0. The van der Waals surface area contributed by atoms with Crippen molar-refractivity contribution < 1.29 is 22.7 Å². The number of carbonyl (C=O) groups excluding carboxylic acids is 1. The molecule has 0 atom stereocenters. The fourth-order valence-electron chi connectivity index (χ4n) is 3.07. The quantitative estimate of drug-likeness (QED) is 0.583. The minimum Gasteiger partial charge on any atom is -0.378 e. The number of rotatable bonds is 6. The molecule has 0 radical (unpaired) electrons. The second-order valence-electron chi connectivity index (χ2n) is 6.66. The van der Waals surface area contributed by atoms with E-state index in [1.165, 1.54) is 18.2 Å². The number of benzene rings is 2. The predicted molar refractivity (Wildman–Crippen MR) is 110 cm³/mol. The van der Waals surface area contributed by atoms with E-state index in [-0.39, 0.29) is 11.4 Å². The molecule has 162 valence electrons. The maximum absolute atomic E-state index is 13.9. The van der Waals surface area contributed by atoms with Gasteiger partial charge in [0.1, 0.15) is 5.82 Å². The third-order valence-electron chi connectivity index (χ3n) is 4.51. The van der Waals surface area contributed by atoms with Gasteiger partial charge in [0, 0.05) is 24.8 Å². The molecule has 1 saturated heterocycles. The van der Waals surface area contributed by atoms with Gasteiger partial charge in [0.25, 0.3) is 0 Å². The van der Waals surface area contributed by atoms with E-state index in [0.29, 0.717) is 43.1 Å². The van der Waals surface area contributed by atoms with Gasteiger partial charge in [0.2, 0.25) is 11.9 Å². The lowest BCUT2D eigenvalue weighted by Crippen LogP contribution is -2.37. The van der Waals surface area contributed by atoms with E-state index in [1.54, 1.807) is 16.7 Å². The minimum atomic E-state index is -1.05. The first-order valence-electron chi connectivity index (χ1n) is 9.43. The van der Waals surface area contributed by atoms with Crippen LogP contribution < -0.4 is 10.2 Å². The van der Waals surface area contributed by atoms with Gasteiger partial charge < -0.3 is 15.0 Å². The van der Waals surface area contributed by atoms with E-state index in [9.17, 15) is 18.0 Å². The predicted octanol–water partition coefficient (Wildman–Crippen LogP) is 3.25. The first kappa shape index (κ1) is 21.2. The second kappa shape index (κ2) is 9.40.